The monoisotopic (exact) mass is 462 g/mol. The lowest BCUT2D eigenvalue weighted by atomic mass is 9.58. The largest absolute Gasteiger partial charge is 0.450 e. The van der Waals surface area contributed by atoms with Crippen molar-refractivity contribution in [2.24, 2.45) is 18.4 Å². The molecule has 34 heavy (non-hydrogen) atoms. The van der Waals surface area contributed by atoms with Gasteiger partial charge < -0.3 is 9.64 Å². The molecule has 3 amide bonds. The zero-order chi connectivity index (χ0) is 23.9. The lowest BCUT2D eigenvalue weighted by molar-refractivity contribution is -0.134. The van der Waals surface area contributed by atoms with Crippen molar-refractivity contribution in [1.29, 1.82) is 0 Å². The maximum absolute atomic E-state index is 12.3. The van der Waals surface area contributed by atoms with E-state index in [1.54, 1.807) is 4.68 Å². The van der Waals surface area contributed by atoms with Crippen LogP contribution in [0.2, 0.25) is 0 Å². The van der Waals surface area contributed by atoms with Gasteiger partial charge >= 0.3 is 6.09 Å². The molecule has 1 atom stereocenters. The average molecular weight is 463 g/mol. The van der Waals surface area contributed by atoms with Crippen molar-refractivity contribution in [1.82, 2.24) is 20.0 Å². The number of benzene rings is 1. The minimum absolute atomic E-state index is 0.195. The summed E-state index contributed by atoms with van der Waals surface area (Å²) in [6.45, 7) is 3.79. The van der Waals surface area contributed by atoms with Crippen molar-refractivity contribution in [3.63, 3.8) is 0 Å². The SMILES string of the molecule is CCOC(=O)N1CCC2(CC1)CC(C#Cc1ccc3c(C4CCC(=O)NC4=O)nn(C)c3c1)C2. The number of aromatic nitrogens is 2. The van der Waals surface area contributed by atoms with E-state index in [9.17, 15) is 14.4 Å². The summed E-state index contributed by atoms with van der Waals surface area (Å²) < 4.78 is 6.91. The summed E-state index contributed by atoms with van der Waals surface area (Å²) in [6.07, 6.45) is 4.84. The van der Waals surface area contributed by atoms with E-state index in [2.05, 4.69) is 22.3 Å². The van der Waals surface area contributed by atoms with Gasteiger partial charge in [-0.05, 0) is 62.6 Å². The Labute approximate surface area is 199 Å². The predicted molar refractivity (Wildman–Crippen MR) is 126 cm³/mol. The molecule has 2 aromatic rings. The van der Waals surface area contributed by atoms with Crippen molar-refractivity contribution < 1.29 is 19.1 Å². The lowest BCUT2D eigenvalue weighted by Crippen LogP contribution is -2.48. The number of nitrogens with zero attached hydrogens (tertiary/aromatic N) is 3. The van der Waals surface area contributed by atoms with E-state index in [4.69, 9.17) is 4.74 Å². The third kappa shape index (κ3) is 4.15. The Morgan fingerprint density at radius 1 is 1.26 bits per heavy atom. The molecule has 1 unspecified atom stereocenters. The van der Waals surface area contributed by atoms with Crippen LogP contribution in [0.5, 0.6) is 0 Å². The number of rotatable bonds is 2. The molecule has 2 aliphatic heterocycles. The van der Waals surface area contributed by atoms with Crippen LogP contribution in [0.25, 0.3) is 10.9 Å². The zero-order valence-corrected chi connectivity index (χ0v) is 19.7. The molecule has 1 saturated carbocycles. The second-order valence-corrected chi connectivity index (χ2v) is 9.80. The van der Waals surface area contributed by atoms with Crippen LogP contribution in [0, 0.1) is 23.2 Å². The summed E-state index contributed by atoms with van der Waals surface area (Å²) in [5.41, 5.74) is 2.91. The number of piperidine rings is 2. The predicted octanol–water partition coefficient (Wildman–Crippen LogP) is 3.09. The molecule has 1 N–H and O–H groups in total. The van der Waals surface area contributed by atoms with Crippen molar-refractivity contribution >= 4 is 28.8 Å². The quantitative estimate of drug-likeness (QED) is 0.547. The van der Waals surface area contributed by atoms with Gasteiger partial charge in [0.15, 0.2) is 0 Å². The van der Waals surface area contributed by atoms with Crippen LogP contribution >= 0.6 is 0 Å². The first kappa shape index (κ1) is 22.5. The maximum Gasteiger partial charge on any atom is 0.409 e. The van der Waals surface area contributed by atoms with Gasteiger partial charge in [0, 0.05) is 43.4 Å². The molecule has 5 rings (SSSR count). The molecule has 1 aromatic heterocycles. The Bertz CT molecular complexity index is 1200. The van der Waals surface area contributed by atoms with Gasteiger partial charge in [0.25, 0.3) is 0 Å². The number of aryl methyl sites for hydroxylation is 1. The van der Waals surface area contributed by atoms with E-state index in [0.717, 1.165) is 60.9 Å². The third-order valence-electron chi connectivity index (χ3n) is 7.58. The lowest BCUT2D eigenvalue weighted by Gasteiger charge is -2.50. The molecule has 1 aromatic carbocycles. The molecule has 1 spiro atoms. The van der Waals surface area contributed by atoms with Gasteiger partial charge in [-0.25, -0.2) is 4.79 Å². The number of carbonyl (C=O) groups is 3. The van der Waals surface area contributed by atoms with E-state index >= 15 is 0 Å². The Balaban J connectivity index is 1.23. The second kappa shape index (κ2) is 8.79. The highest BCUT2D eigenvalue weighted by Crippen LogP contribution is 2.52. The Morgan fingerprint density at radius 3 is 2.74 bits per heavy atom. The first-order chi connectivity index (χ1) is 16.4. The van der Waals surface area contributed by atoms with Crippen molar-refractivity contribution in [2.45, 2.75) is 51.4 Å². The summed E-state index contributed by atoms with van der Waals surface area (Å²) in [5, 5.41) is 7.95. The average Bonchev–Trinajstić information content (AvgIpc) is 3.12. The zero-order valence-electron chi connectivity index (χ0n) is 19.7. The molecule has 3 aliphatic rings. The highest BCUT2D eigenvalue weighted by atomic mass is 16.6. The van der Waals surface area contributed by atoms with E-state index in [1.165, 1.54) is 0 Å². The molecular formula is C26H30N4O4. The fraction of sp³-hybridized carbons (Fsp3) is 0.538. The smallest absolute Gasteiger partial charge is 0.409 e. The van der Waals surface area contributed by atoms with Gasteiger partial charge in [-0.3, -0.25) is 19.6 Å². The van der Waals surface area contributed by atoms with Crippen LogP contribution in [0.4, 0.5) is 4.79 Å². The Morgan fingerprint density at radius 2 is 2.03 bits per heavy atom. The van der Waals surface area contributed by atoms with Crippen LogP contribution in [0.15, 0.2) is 18.2 Å². The second-order valence-electron chi connectivity index (χ2n) is 9.80. The van der Waals surface area contributed by atoms with Crippen molar-refractivity contribution in [3.05, 3.63) is 29.5 Å². The van der Waals surface area contributed by atoms with Crippen LogP contribution in [0.3, 0.4) is 0 Å². The molecule has 3 heterocycles. The van der Waals surface area contributed by atoms with E-state index in [1.807, 2.05) is 37.1 Å². The van der Waals surface area contributed by atoms with Gasteiger partial charge in [-0.1, -0.05) is 11.8 Å². The summed E-state index contributed by atoms with van der Waals surface area (Å²) in [5.74, 6) is 6.27. The van der Waals surface area contributed by atoms with Crippen LogP contribution in [-0.2, 0) is 21.4 Å². The Kier molecular flexibility index (Phi) is 5.80. The summed E-state index contributed by atoms with van der Waals surface area (Å²) in [4.78, 5) is 37.6. The molecule has 178 valence electrons. The molecule has 3 fully saturated rings. The van der Waals surface area contributed by atoms with Crippen LogP contribution in [0.1, 0.15) is 62.6 Å². The number of nitrogens with one attached hydrogen (secondary N) is 1. The first-order valence-corrected chi connectivity index (χ1v) is 12.1. The topological polar surface area (TPSA) is 93.5 Å². The number of amides is 3. The summed E-state index contributed by atoms with van der Waals surface area (Å²) >= 11 is 0. The van der Waals surface area contributed by atoms with Crippen molar-refractivity contribution in [3.8, 4) is 11.8 Å². The molecular weight excluding hydrogens is 432 g/mol. The number of imide groups is 1. The Hall–Kier alpha value is -3.34. The highest BCUT2D eigenvalue weighted by molar-refractivity contribution is 6.02. The highest BCUT2D eigenvalue weighted by Gasteiger charge is 2.46. The van der Waals surface area contributed by atoms with Crippen LogP contribution < -0.4 is 5.32 Å². The number of fused-ring (bicyclic) bond motifs is 1. The number of ether oxygens (including phenoxy) is 1. The molecule has 0 radical (unpaired) electrons. The summed E-state index contributed by atoms with van der Waals surface area (Å²) in [7, 11) is 1.87. The van der Waals surface area contributed by atoms with Gasteiger partial charge in [0.2, 0.25) is 11.8 Å². The van der Waals surface area contributed by atoms with E-state index in [0.29, 0.717) is 30.8 Å². The minimum atomic E-state index is -0.403. The fourth-order valence-electron chi connectivity index (χ4n) is 5.63. The number of carbonyl (C=O) groups excluding carboxylic acids is 3. The molecule has 8 heteroatoms. The van der Waals surface area contributed by atoms with Crippen LogP contribution in [-0.4, -0.2) is 52.3 Å². The van der Waals surface area contributed by atoms with Gasteiger partial charge in [0.1, 0.15) is 0 Å². The van der Waals surface area contributed by atoms with Gasteiger partial charge in [-0.15, -0.1) is 0 Å². The molecule has 0 bridgehead atoms. The van der Waals surface area contributed by atoms with E-state index < -0.39 is 5.92 Å². The number of hydrogen-bond donors (Lipinski definition) is 1. The maximum atomic E-state index is 12.3. The number of likely N-dealkylation sites (tertiary alicyclic amines) is 1. The third-order valence-corrected chi connectivity index (χ3v) is 7.58. The minimum Gasteiger partial charge on any atom is -0.450 e. The normalized spacial score (nSPS) is 22.2. The molecule has 2 saturated heterocycles. The van der Waals surface area contributed by atoms with E-state index in [-0.39, 0.29) is 17.9 Å². The van der Waals surface area contributed by atoms with Crippen molar-refractivity contribution in [2.75, 3.05) is 19.7 Å². The van der Waals surface area contributed by atoms with Gasteiger partial charge in [-0.2, -0.15) is 5.10 Å². The summed E-state index contributed by atoms with van der Waals surface area (Å²) in [6, 6.07) is 5.99. The fourth-order valence-corrected chi connectivity index (χ4v) is 5.63. The first-order valence-electron chi connectivity index (χ1n) is 12.1. The molecule has 1 aliphatic carbocycles. The molecule has 8 nitrogen and oxygen atoms in total. The number of hydrogen-bond acceptors (Lipinski definition) is 5. The van der Waals surface area contributed by atoms with Gasteiger partial charge in [0.05, 0.1) is 23.7 Å². The standard InChI is InChI=1S/C26H30N4O4/c1-3-34-25(33)30-12-10-26(11-13-30)15-18(16-26)5-4-17-6-7-19-21(14-17)29(2)28-23(19)20-8-9-22(31)27-24(20)32/h6-7,14,18,20H,3,8-13,15-16H2,1-2H3,(H,27,31,32).